The SMILES string of the molecule is CN1CCC(=O)Nc2cc(C(=O)Nc3ccc4c(ccn4CC(=O)OC(C)(C)C)c3)ccc21. The van der Waals surface area contributed by atoms with Crippen molar-refractivity contribution in [1.82, 2.24) is 4.57 Å². The van der Waals surface area contributed by atoms with Crippen molar-refractivity contribution in [2.24, 2.45) is 0 Å². The molecule has 2 heterocycles. The van der Waals surface area contributed by atoms with Crippen molar-refractivity contribution >= 4 is 45.7 Å². The highest BCUT2D eigenvalue weighted by Crippen LogP contribution is 2.29. The molecular weight excluding hydrogens is 420 g/mol. The molecule has 172 valence electrons. The summed E-state index contributed by atoms with van der Waals surface area (Å²) in [5, 5.41) is 6.67. The van der Waals surface area contributed by atoms with E-state index in [1.807, 2.05) is 67.7 Å². The first kappa shape index (κ1) is 22.4. The summed E-state index contributed by atoms with van der Waals surface area (Å²) in [6.45, 7) is 6.25. The zero-order valence-electron chi connectivity index (χ0n) is 19.3. The van der Waals surface area contributed by atoms with E-state index in [0.29, 0.717) is 29.9 Å². The highest BCUT2D eigenvalue weighted by molar-refractivity contribution is 6.07. The van der Waals surface area contributed by atoms with Crippen molar-refractivity contribution in [3.05, 3.63) is 54.2 Å². The third-order valence-corrected chi connectivity index (χ3v) is 5.37. The number of nitrogens with one attached hydrogen (secondary N) is 2. The van der Waals surface area contributed by atoms with E-state index in [-0.39, 0.29) is 24.3 Å². The second-order valence-corrected chi connectivity index (χ2v) is 9.21. The molecule has 2 aromatic carbocycles. The van der Waals surface area contributed by atoms with Crippen LogP contribution in [-0.4, -0.2) is 41.5 Å². The lowest BCUT2D eigenvalue weighted by Crippen LogP contribution is -2.26. The Morgan fingerprint density at radius 3 is 2.67 bits per heavy atom. The maximum absolute atomic E-state index is 12.9. The van der Waals surface area contributed by atoms with E-state index < -0.39 is 5.60 Å². The number of amides is 2. The lowest BCUT2D eigenvalue weighted by molar-refractivity contribution is -0.155. The molecule has 0 bridgehead atoms. The quantitative estimate of drug-likeness (QED) is 0.589. The number of rotatable bonds is 4. The van der Waals surface area contributed by atoms with E-state index in [0.717, 1.165) is 16.6 Å². The molecule has 2 N–H and O–H groups in total. The minimum Gasteiger partial charge on any atom is -0.459 e. The molecule has 4 rings (SSSR count). The van der Waals surface area contributed by atoms with Gasteiger partial charge in [-0.1, -0.05) is 0 Å². The summed E-state index contributed by atoms with van der Waals surface area (Å²) in [6.07, 6.45) is 2.23. The zero-order valence-corrected chi connectivity index (χ0v) is 19.3. The number of anilines is 3. The topological polar surface area (TPSA) is 92.7 Å². The molecular formula is C25H28N4O4. The standard InChI is InChI=1S/C25H28N4O4/c1-25(2,3)33-23(31)15-29-12-9-16-13-18(6-8-20(16)29)26-24(32)17-5-7-21-19(14-17)27-22(30)10-11-28(21)4/h5-9,12-14H,10-11,15H2,1-4H3,(H,26,32)(H,27,30). The van der Waals surface area contributed by atoms with Crippen molar-refractivity contribution in [1.29, 1.82) is 0 Å². The first-order valence-electron chi connectivity index (χ1n) is 10.9. The second-order valence-electron chi connectivity index (χ2n) is 9.21. The Kier molecular flexibility index (Phi) is 5.84. The molecule has 0 unspecified atom stereocenters. The maximum Gasteiger partial charge on any atom is 0.326 e. The summed E-state index contributed by atoms with van der Waals surface area (Å²) >= 11 is 0. The molecule has 1 aliphatic heterocycles. The summed E-state index contributed by atoms with van der Waals surface area (Å²) in [5.74, 6) is -0.649. The molecule has 0 fully saturated rings. The Labute approximate surface area is 192 Å². The number of esters is 1. The fraction of sp³-hybridized carbons (Fsp3) is 0.320. The van der Waals surface area contributed by atoms with Crippen molar-refractivity contribution < 1.29 is 19.1 Å². The summed E-state index contributed by atoms with van der Waals surface area (Å²) in [6, 6.07) is 12.7. The van der Waals surface area contributed by atoms with Gasteiger partial charge in [0.25, 0.3) is 5.91 Å². The van der Waals surface area contributed by atoms with Crippen molar-refractivity contribution in [2.75, 3.05) is 29.1 Å². The van der Waals surface area contributed by atoms with Gasteiger partial charge in [0, 0.05) is 48.4 Å². The predicted octanol–water partition coefficient (Wildman–Crippen LogP) is 4.01. The first-order chi connectivity index (χ1) is 15.6. The van der Waals surface area contributed by atoms with Gasteiger partial charge in [-0.15, -0.1) is 0 Å². The number of nitrogens with zero attached hydrogens (tertiary/aromatic N) is 2. The van der Waals surface area contributed by atoms with E-state index in [1.54, 1.807) is 18.2 Å². The van der Waals surface area contributed by atoms with Gasteiger partial charge in [-0.3, -0.25) is 14.4 Å². The number of aromatic nitrogens is 1. The van der Waals surface area contributed by atoms with Crippen LogP contribution in [0.4, 0.5) is 17.1 Å². The Morgan fingerprint density at radius 1 is 1.12 bits per heavy atom. The lowest BCUT2D eigenvalue weighted by Gasteiger charge is -2.19. The predicted molar refractivity (Wildman–Crippen MR) is 129 cm³/mol. The average molecular weight is 449 g/mol. The number of carbonyl (C=O) groups excluding carboxylic acids is 3. The number of carbonyl (C=O) groups is 3. The zero-order chi connectivity index (χ0) is 23.8. The van der Waals surface area contributed by atoms with Crippen LogP contribution in [0, 0.1) is 0 Å². The molecule has 0 aliphatic carbocycles. The van der Waals surface area contributed by atoms with Crippen molar-refractivity contribution in [3.8, 4) is 0 Å². The fourth-order valence-electron chi connectivity index (χ4n) is 3.84. The molecule has 0 atom stereocenters. The van der Waals surface area contributed by atoms with Gasteiger partial charge in [-0.2, -0.15) is 0 Å². The van der Waals surface area contributed by atoms with Crippen molar-refractivity contribution in [2.45, 2.75) is 39.3 Å². The van der Waals surface area contributed by atoms with Crippen LogP contribution in [-0.2, 0) is 20.9 Å². The minimum absolute atomic E-state index is 0.0699. The Bertz CT molecular complexity index is 1240. The molecule has 33 heavy (non-hydrogen) atoms. The lowest BCUT2D eigenvalue weighted by atomic mass is 10.1. The minimum atomic E-state index is -0.536. The van der Waals surface area contributed by atoms with Crippen LogP contribution in [0.25, 0.3) is 10.9 Å². The molecule has 8 heteroatoms. The van der Waals surface area contributed by atoms with E-state index >= 15 is 0 Å². The monoisotopic (exact) mass is 448 g/mol. The van der Waals surface area contributed by atoms with Crippen LogP contribution in [0.1, 0.15) is 37.6 Å². The largest absolute Gasteiger partial charge is 0.459 e. The number of hydrogen-bond donors (Lipinski definition) is 2. The van der Waals surface area contributed by atoms with Gasteiger partial charge in [-0.25, -0.2) is 0 Å². The van der Waals surface area contributed by atoms with Crippen LogP contribution in [0.15, 0.2) is 48.7 Å². The number of fused-ring (bicyclic) bond motifs is 2. The Hall–Kier alpha value is -3.81. The van der Waals surface area contributed by atoms with Crippen LogP contribution < -0.4 is 15.5 Å². The van der Waals surface area contributed by atoms with E-state index in [1.165, 1.54) is 0 Å². The number of ether oxygens (including phenoxy) is 1. The molecule has 8 nitrogen and oxygen atoms in total. The summed E-state index contributed by atoms with van der Waals surface area (Å²) in [7, 11) is 1.92. The van der Waals surface area contributed by atoms with Gasteiger partial charge in [0.1, 0.15) is 12.1 Å². The van der Waals surface area contributed by atoms with Crippen LogP contribution in [0.2, 0.25) is 0 Å². The molecule has 3 aromatic rings. The molecule has 0 spiro atoms. The maximum atomic E-state index is 12.9. The summed E-state index contributed by atoms with van der Waals surface area (Å²) in [4.78, 5) is 39.0. The third-order valence-electron chi connectivity index (χ3n) is 5.37. The van der Waals surface area contributed by atoms with Crippen molar-refractivity contribution in [3.63, 3.8) is 0 Å². The number of benzene rings is 2. The molecule has 0 saturated heterocycles. The molecule has 1 aromatic heterocycles. The fourth-order valence-corrected chi connectivity index (χ4v) is 3.84. The number of hydrogen-bond acceptors (Lipinski definition) is 5. The van der Waals surface area contributed by atoms with E-state index in [9.17, 15) is 14.4 Å². The van der Waals surface area contributed by atoms with Crippen LogP contribution in [0.5, 0.6) is 0 Å². The summed E-state index contributed by atoms with van der Waals surface area (Å²) < 4.78 is 7.22. The smallest absolute Gasteiger partial charge is 0.326 e. The third kappa shape index (κ3) is 5.16. The molecule has 0 radical (unpaired) electrons. The Morgan fingerprint density at radius 2 is 1.91 bits per heavy atom. The molecule has 0 saturated carbocycles. The second kappa shape index (κ2) is 8.61. The normalized spacial score (nSPS) is 13.8. The first-order valence-corrected chi connectivity index (χ1v) is 10.9. The van der Waals surface area contributed by atoms with Gasteiger partial charge >= 0.3 is 5.97 Å². The summed E-state index contributed by atoms with van der Waals surface area (Å²) in [5.41, 5.74) is 2.93. The Balaban J connectivity index is 1.50. The average Bonchev–Trinajstić information content (AvgIpc) is 3.05. The van der Waals surface area contributed by atoms with Gasteiger partial charge in [0.2, 0.25) is 5.91 Å². The van der Waals surface area contributed by atoms with Gasteiger partial charge in [-0.05, 0) is 63.2 Å². The van der Waals surface area contributed by atoms with Gasteiger partial charge < -0.3 is 24.8 Å². The van der Waals surface area contributed by atoms with E-state index in [4.69, 9.17) is 4.74 Å². The molecule has 1 aliphatic rings. The molecule has 2 amide bonds. The van der Waals surface area contributed by atoms with Gasteiger partial charge in [0.15, 0.2) is 0 Å². The highest BCUT2D eigenvalue weighted by atomic mass is 16.6. The highest BCUT2D eigenvalue weighted by Gasteiger charge is 2.19. The van der Waals surface area contributed by atoms with Crippen LogP contribution >= 0.6 is 0 Å². The van der Waals surface area contributed by atoms with E-state index in [2.05, 4.69) is 10.6 Å². The van der Waals surface area contributed by atoms with Crippen LogP contribution in [0.3, 0.4) is 0 Å². The van der Waals surface area contributed by atoms with Gasteiger partial charge in [0.05, 0.1) is 11.4 Å².